The van der Waals surface area contributed by atoms with E-state index in [2.05, 4.69) is 11.1 Å². The minimum atomic E-state index is -0.637. The molecule has 0 N–H and O–H groups in total. The number of aromatic nitrogens is 2. The van der Waals surface area contributed by atoms with E-state index in [1.54, 1.807) is 11.3 Å². The number of carbonyl (C=O) groups is 1. The van der Waals surface area contributed by atoms with Crippen LogP contribution < -0.4 is 0 Å². The number of nitriles is 1. The van der Waals surface area contributed by atoms with Gasteiger partial charge >= 0.3 is 0 Å². The van der Waals surface area contributed by atoms with E-state index < -0.39 is 5.41 Å². The summed E-state index contributed by atoms with van der Waals surface area (Å²) in [6, 6.07) is 2.29. The minimum Gasteiger partial charge on any atom is -0.300 e. The van der Waals surface area contributed by atoms with Crippen LogP contribution in [0.1, 0.15) is 24.2 Å². The van der Waals surface area contributed by atoms with Crippen molar-refractivity contribution in [2.45, 2.75) is 25.2 Å². The van der Waals surface area contributed by atoms with Gasteiger partial charge in [-0.05, 0) is 6.92 Å². The number of hydrogen-bond acceptors (Lipinski definition) is 4. The molecule has 80 valence electrons. The average molecular weight is 231 g/mol. The average Bonchev–Trinajstić information content (AvgIpc) is 2.73. The number of imidazole rings is 1. The Morgan fingerprint density at radius 3 is 3.00 bits per heavy atom. The van der Waals surface area contributed by atoms with Gasteiger partial charge in [-0.25, -0.2) is 4.98 Å². The summed E-state index contributed by atoms with van der Waals surface area (Å²) in [7, 11) is 0. The first-order valence-corrected chi connectivity index (χ1v) is 5.90. The van der Waals surface area contributed by atoms with Gasteiger partial charge in [0.25, 0.3) is 0 Å². The predicted molar refractivity (Wildman–Crippen MR) is 59.3 cm³/mol. The molecule has 2 heterocycles. The Morgan fingerprint density at radius 1 is 1.62 bits per heavy atom. The number of rotatable bonds is 1. The lowest BCUT2D eigenvalue weighted by Gasteiger charge is -2.33. The van der Waals surface area contributed by atoms with E-state index >= 15 is 0 Å². The molecule has 0 aromatic carbocycles. The second kappa shape index (κ2) is 2.92. The van der Waals surface area contributed by atoms with Crippen molar-refractivity contribution in [3.63, 3.8) is 0 Å². The number of carbonyl (C=O) groups excluding carboxylic acids is 1. The topological polar surface area (TPSA) is 58.2 Å². The third-order valence-electron chi connectivity index (χ3n) is 3.10. The number of fused-ring (bicyclic) bond motifs is 1. The number of ketones is 1. The Bertz CT molecular complexity index is 623. The van der Waals surface area contributed by atoms with Crippen LogP contribution in [0.5, 0.6) is 0 Å². The zero-order valence-corrected chi connectivity index (χ0v) is 9.54. The lowest BCUT2D eigenvalue weighted by molar-refractivity contribution is -0.126. The van der Waals surface area contributed by atoms with Crippen LogP contribution in [0, 0.1) is 18.3 Å². The van der Waals surface area contributed by atoms with Crippen LogP contribution in [-0.2, 0) is 10.2 Å². The molecular weight excluding hydrogens is 222 g/mol. The van der Waals surface area contributed by atoms with Crippen LogP contribution in [0.2, 0.25) is 0 Å². The molecule has 0 spiro atoms. The molecule has 0 unspecified atom stereocenters. The molecule has 1 saturated carbocycles. The van der Waals surface area contributed by atoms with Crippen LogP contribution in [0.25, 0.3) is 4.96 Å². The molecule has 0 radical (unpaired) electrons. The van der Waals surface area contributed by atoms with Crippen molar-refractivity contribution >= 4 is 22.1 Å². The smallest absolute Gasteiger partial charge is 0.194 e. The molecule has 0 atom stereocenters. The maximum Gasteiger partial charge on any atom is 0.194 e. The molecule has 1 aliphatic rings. The van der Waals surface area contributed by atoms with Gasteiger partial charge in [0.1, 0.15) is 11.2 Å². The maximum atomic E-state index is 11.2. The molecule has 1 fully saturated rings. The van der Waals surface area contributed by atoms with Crippen LogP contribution in [0.15, 0.2) is 11.6 Å². The van der Waals surface area contributed by atoms with Crippen LogP contribution in [0.4, 0.5) is 0 Å². The summed E-state index contributed by atoms with van der Waals surface area (Å²) in [6.45, 7) is 1.90. The second-order valence-corrected chi connectivity index (χ2v) is 5.06. The molecule has 4 nitrogen and oxygen atoms in total. The first-order chi connectivity index (χ1) is 7.66. The molecule has 0 aliphatic heterocycles. The molecule has 0 amide bonds. The van der Waals surface area contributed by atoms with Crippen molar-refractivity contribution in [1.82, 2.24) is 9.38 Å². The van der Waals surface area contributed by atoms with E-state index in [1.165, 1.54) is 0 Å². The SMILES string of the molecule is Cc1nc2sccn2c1C1(C#N)CC(=O)C1. The molecule has 1 aliphatic carbocycles. The van der Waals surface area contributed by atoms with Crippen molar-refractivity contribution in [2.75, 3.05) is 0 Å². The van der Waals surface area contributed by atoms with Crippen LogP contribution in [-0.4, -0.2) is 15.2 Å². The molecular formula is C11H9N3OS. The van der Waals surface area contributed by atoms with Gasteiger partial charge in [-0.15, -0.1) is 11.3 Å². The normalized spacial score (nSPS) is 18.4. The first-order valence-electron chi connectivity index (χ1n) is 5.02. The number of hydrogen-bond donors (Lipinski definition) is 0. The summed E-state index contributed by atoms with van der Waals surface area (Å²) in [5, 5.41) is 11.2. The molecule has 3 rings (SSSR count). The summed E-state index contributed by atoms with van der Waals surface area (Å²) in [4.78, 5) is 16.5. The zero-order valence-electron chi connectivity index (χ0n) is 8.73. The Labute approximate surface area is 96.1 Å². The van der Waals surface area contributed by atoms with Crippen molar-refractivity contribution in [2.24, 2.45) is 0 Å². The summed E-state index contributed by atoms with van der Waals surface area (Å²) >= 11 is 1.54. The van der Waals surface area contributed by atoms with E-state index in [1.807, 2.05) is 22.9 Å². The molecule has 2 aromatic heterocycles. The van der Waals surface area contributed by atoms with E-state index in [4.69, 9.17) is 0 Å². The highest BCUT2D eigenvalue weighted by atomic mass is 32.1. The van der Waals surface area contributed by atoms with E-state index in [-0.39, 0.29) is 5.78 Å². The van der Waals surface area contributed by atoms with Crippen molar-refractivity contribution in [3.8, 4) is 6.07 Å². The van der Waals surface area contributed by atoms with Gasteiger partial charge in [0.05, 0.1) is 17.5 Å². The van der Waals surface area contributed by atoms with Crippen molar-refractivity contribution in [1.29, 1.82) is 5.26 Å². The minimum absolute atomic E-state index is 0.158. The maximum absolute atomic E-state index is 11.2. The van der Waals surface area contributed by atoms with Gasteiger partial charge in [0.15, 0.2) is 4.96 Å². The monoisotopic (exact) mass is 231 g/mol. The summed E-state index contributed by atoms with van der Waals surface area (Å²) in [6.07, 6.45) is 2.57. The quantitative estimate of drug-likeness (QED) is 0.752. The number of Topliss-reactive ketones (excluding diaryl/α,β-unsaturated/α-hetero) is 1. The second-order valence-electron chi connectivity index (χ2n) is 4.19. The van der Waals surface area contributed by atoms with Gasteiger partial charge in [-0.2, -0.15) is 5.26 Å². The highest BCUT2D eigenvalue weighted by Gasteiger charge is 2.48. The van der Waals surface area contributed by atoms with Crippen molar-refractivity contribution in [3.05, 3.63) is 23.0 Å². The Hall–Kier alpha value is -1.67. The highest BCUT2D eigenvalue weighted by molar-refractivity contribution is 7.15. The van der Waals surface area contributed by atoms with E-state index in [0.717, 1.165) is 16.3 Å². The third-order valence-corrected chi connectivity index (χ3v) is 3.86. The highest BCUT2D eigenvalue weighted by Crippen LogP contribution is 2.42. The van der Waals surface area contributed by atoms with E-state index in [0.29, 0.717) is 12.8 Å². The largest absolute Gasteiger partial charge is 0.300 e. The summed E-state index contributed by atoms with van der Waals surface area (Å²) in [5.74, 6) is 0.158. The van der Waals surface area contributed by atoms with Gasteiger partial charge in [0.2, 0.25) is 0 Å². The number of thiazole rings is 1. The fourth-order valence-corrected chi connectivity index (χ4v) is 3.15. The first kappa shape index (κ1) is 9.55. The van der Waals surface area contributed by atoms with E-state index in [9.17, 15) is 10.1 Å². The molecule has 0 saturated heterocycles. The lowest BCUT2D eigenvalue weighted by Crippen LogP contribution is -2.41. The van der Waals surface area contributed by atoms with Crippen LogP contribution in [0.3, 0.4) is 0 Å². The van der Waals surface area contributed by atoms with Gasteiger partial charge in [-0.3, -0.25) is 9.20 Å². The van der Waals surface area contributed by atoms with Gasteiger partial charge in [0, 0.05) is 24.4 Å². The molecule has 0 bridgehead atoms. The van der Waals surface area contributed by atoms with Crippen LogP contribution >= 0.6 is 11.3 Å². The fourth-order valence-electron chi connectivity index (χ4n) is 2.39. The number of nitrogens with zero attached hydrogens (tertiary/aromatic N) is 3. The number of aryl methyl sites for hydroxylation is 1. The standard InChI is InChI=1S/C11H9N3OS/c1-7-9(11(6-12)4-8(15)5-11)14-2-3-16-10(14)13-7/h2-3H,4-5H2,1H3. The van der Waals surface area contributed by atoms with Gasteiger partial charge in [-0.1, -0.05) is 0 Å². The lowest BCUT2D eigenvalue weighted by atomic mass is 9.66. The Kier molecular flexibility index (Phi) is 1.74. The summed E-state index contributed by atoms with van der Waals surface area (Å²) in [5.41, 5.74) is 1.12. The molecule has 5 heteroatoms. The predicted octanol–water partition coefficient (Wildman–Crippen LogP) is 1.83. The summed E-state index contributed by atoms with van der Waals surface area (Å²) < 4.78 is 1.94. The molecule has 16 heavy (non-hydrogen) atoms. The zero-order chi connectivity index (χ0) is 11.3. The Morgan fingerprint density at radius 2 is 2.38 bits per heavy atom. The third kappa shape index (κ3) is 1.02. The fraction of sp³-hybridized carbons (Fsp3) is 0.364. The molecule has 2 aromatic rings. The van der Waals surface area contributed by atoms with Crippen molar-refractivity contribution < 1.29 is 4.79 Å². The Balaban J connectivity index is 2.25. The van der Waals surface area contributed by atoms with Gasteiger partial charge < -0.3 is 0 Å².